The number of hydrogen-bond donors (Lipinski definition) is 0. The highest BCUT2D eigenvalue weighted by Gasteiger charge is 2.13. The number of ether oxygens (including phenoxy) is 2. The third kappa shape index (κ3) is 4.02. The molecule has 0 N–H and O–H groups in total. The number of esters is 2. The van der Waals surface area contributed by atoms with Crippen molar-refractivity contribution in [1.82, 2.24) is 0 Å². The van der Waals surface area contributed by atoms with E-state index in [-0.39, 0.29) is 0 Å². The molecule has 16 heavy (non-hydrogen) atoms. The second kappa shape index (κ2) is 5.65. The monoisotopic (exact) mass is 286 g/mol. The van der Waals surface area contributed by atoms with Crippen molar-refractivity contribution >= 4 is 27.9 Å². The topological polar surface area (TPSA) is 52.6 Å². The highest BCUT2D eigenvalue weighted by Crippen LogP contribution is 2.12. The van der Waals surface area contributed by atoms with Crippen LogP contribution in [0.25, 0.3) is 0 Å². The summed E-state index contributed by atoms with van der Waals surface area (Å²) in [7, 11) is 0. The van der Waals surface area contributed by atoms with Crippen LogP contribution in [0.3, 0.4) is 0 Å². The summed E-state index contributed by atoms with van der Waals surface area (Å²) < 4.78 is 10.4. The average molecular weight is 287 g/mol. The molecule has 0 spiro atoms. The van der Waals surface area contributed by atoms with Crippen molar-refractivity contribution in [1.29, 1.82) is 0 Å². The Morgan fingerprint density at radius 3 is 2.25 bits per heavy atom. The zero-order valence-electron chi connectivity index (χ0n) is 8.90. The minimum absolute atomic E-state index is 0.405. The molecule has 0 heterocycles. The summed E-state index contributed by atoms with van der Waals surface area (Å²) >= 11 is 3.26. The smallest absolute Gasteiger partial charge is 0.341 e. The van der Waals surface area contributed by atoms with E-state index in [1.165, 1.54) is 13.8 Å². The lowest BCUT2D eigenvalue weighted by molar-refractivity contribution is -0.162. The maximum Gasteiger partial charge on any atom is 0.341 e. The van der Waals surface area contributed by atoms with Crippen molar-refractivity contribution < 1.29 is 19.1 Å². The number of rotatable bonds is 3. The molecule has 0 aliphatic rings. The summed E-state index contributed by atoms with van der Waals surface area (Å²) in [4.78, 5) is 22.1. The van der Waals surface area contributed by atoms with Gasteiger partial charge in [0.2, 0.25) is 6.29 Å². The zero-order chi connectivity index (χ0) is 12.1. The lowest BCUT2D eigenvalue weighted by atomic mass is 10.2. The lowest BCUT2D eigenvalue weighted by Gasteiger charge is -2.12. The summed E-state index contributed by atoms with van der Waals surface area (Å²) in [5.41, 5.74) is 0.405. The molecular weight excluding hydrogens is 276 g/mol. The van der Waals surface area contributed by atoms with Gasteiger partial charge >= 0.3 is 11.9 Å². The van der Waals surface area contributed by atoms with Crippen molar-refractivity contribution in [3.63, 3.8) is 0 Å². The molecule has 0 aromatic heterocycles. The highest BCUT2D eigenvalue weighted by molar-refractivity contribution is 9.10. The van der Waals surface area contributed by atoms with Crippen molar-refractivity contribution in [3.8, 4) is 0 Å². The predicted octanol–water partition coefficient (Wildman–Crippen LogP) is 2.52. The van der Waals surface area contributed by atoms with E-state index in [2.05, 4.69) is 20.7 Å². The van der Waals surface area contributed by atoms with Gasteiger partial charge in [-0.05, 0) is 24.3 Å². The molecule has 0 aliphatic heterocycles. The van der Waals surface area contributed by atoms with Crippen LogP contribution < -0.4 is 0 Å². The van der Waals surface area contributed by atoms with Gasteiger partial charge in [0.05, 0.1) is 5.56 Å². The molecule has 0 aliphatic carbocycles. The maximum atomic E-state index is 11.5. The maximum absolute atomic E-state index is 11.5. The van der Waals surface area contributed by atoms with Gasteiger partial charge in [-0.1, -0.05) is 15.9 Å². The van der Waals surface area contributed by atoms with E-state index in [1.54, 1.807) is 24.3 Å². The molecule has 1 atom stereocenters. The predicted molar refractivity (Wildman–Crippen MR) is 60.8 cm³/mol. The number of hydrogen-bond acceptors (Lipinski definition) is 4. The Balaban J connectivity index is 2.58. The Kier molecular flexibility index (Phi) is 4.49. The van der Waals surface area contributed by atoms with Crippen LogP contribution in [0.5, 0.6) is 0 Å². The molecule has 0 fully saturated rings. The summed E-state index contributed by atoms with van der Waals surface area (Å²) in [5.74, 6) is -1.02. The minimum Gasteiger partial charge on any atom is -0.426 e. The molecule has 5 heteroatoms. The fourth-order valence-corrected chi connectivity index (χ4v) is 1.33. The van der Waals surface area contributed by atoms with Gasteiger partial charge in [-0.2, -0.15) is 0 Å². The third-order valence-electron chi connectivity index (χ3n) is 1.68. The molecular formula is C11H11BrO4. The second-order valence-electron chi connectivity index (χ2n) is 3.09. The van der Waals surface area contributed by atoms with E-state index in [0.717, 1.165) is 4.47 Å². The number of carbonyl (C=O) groups excluding carboxylic acids is 2. The first-order chi connectivity index (χ1) is 7.49. The quantitative estimate of drug-likeness (QED) is 0.633. The molecule has 0 saturated heterocycles. The van der Waals surface area contributed by atoms with E-state index < -0.39 is 18.2 Å². The number of benzene rings is 1. The summed E-state index contributed by atoms with van der Waals surface area (Å²) in [6, 6.07) is 6.69. The molecule has 0 radical (unpaired) electrons. The van der Waals surface area contributed by atoms with Gasteiger partial charge in [0.1, 0.15) is 0 Å². The highest BCUT2D eigenvalue weighted by atomic mass is 79.9. The molecule has 1 aromatic carbocycles. The Morgan fingerprint density at radius 2 is 1.75 bits per heavy atom. The Bertz CT molecular complexity index is 385. The zero-order valence-corrected chi connectivity index (χ0v) is 10.5. The van der Waals surface area contributed by atoms with Gasteiger partial charge in [-0.25, -0.2) is 4.79 Å². The first-order valence-electron chi connectivity index (χ1n) is 4.63. The van der Waals surface area contributed by atoms with Crippen LogP contribution in [0.15, 0.2) is 28.7 Å². The van der Waals surface area contributed by atoms with Gasteiger partial charge in [-0.15, -0.1) is 0 Å². The Labute approximate surface area is 102 Å². The van der Waals surface area contributed by atoms with Crippen molar-refractivity contribution in [3.05, 3.63) is 34.3 Å². The Morgan fingerprint density at radius 1 is 1.19 bits per heavy atom. The fourth-order valence-electron chi connectivity index (χ4n) is 1.06. The summed E-state index contributed by atoms with van der Waals surface area (Å²) in [6.45, 7) is 2.74. The van der Waals surface area contributed by atoms with Crippen molar-refractivity contribution in [2.24, 2.45) is 0 Å². The van der Waals surface area contributed by atoms with Crippen molar-refractivity contribution in [2.45, 2.75) is 20.1 Å². The molecule has 1 aromatic rings. The summed E-state index contributed by atoms with van der Waals surface area (Å²) in [5, 5.41) is 0. The molecule has 0 bridgehead atoms. The number of halogens is 1. The first kappa shape index (κ1) is 12.7. The van der Waals surface area contributed by atoms with Gasteiger partial charge in [-0.3, -0.25) is 4.79 Å². The molecule has 4 nitrogen and oxygen atoms in total. The Hall–Kier alpha value is -1.36. The second-order valence-corrected chi connectivity index (χ2v) is 4.00. The van der Waals surface area contributed by atoms with Crippen LogP contribution in [0.2, 0.25) is 0 Å². The molecule has 1 unspecified atom stereocenters. The SMILES string of the molecule is CC(=O)OC(C)OC(=O)c1ccc(Br)cc1. The number of carbonyl (C=O) groups is 2. The van der Waals surface area contributed by atoms with Crippen LogP contribution in [0.4, 0.5) is 0 Å². The first-order valence-corrected chi connectivity index (χ1v) is 5.42. The van der Waals surface area contributed by atoms with E-state index in [4.69, 9.17) is 4.74 Å². The van der Waals surface area contributed by atoms with Crippen LogP contribution >= 0.6 is 15.9 Å². The standard InChI is InChI=1S/C11H11BrO4/c1-7(13)15-8(2)16-11(14)9-3-5-10(12)6-4-9/h3-6,8H,1-2H3. The van der Waals surface area contributed by atoms with Gasteiger partial charge < -0.3 is 9.47 Å². The van der Waals surface area contributed by atoms with E-state index >= 15 is 0 Å². The third-order valence-corrected chi connectivity index (χ3v) is 2.21. The molecule has 0 saturated carbocycles. The molecule has 1 rings (SSSR count). The fraction of sp³-hybridized carbons (Fsp3) is 0.273. The normalized spacial score (nSPS) is 11.7. The van der Waals surface area contributed by atoms with Gasteiger partial charge in [0.15, 0.2) is 0 Å². The molecule has 0 amide bonds. The largest absolute Gasteiger partial charge is 0.426 e. The van der Waals surface area contributed by atoms with Crippen molar-refractivity contribution in [2.75, 3.05) is 0 Å². The van der Waals surface area contributed by atoms with Crippen LogP contribution in [0.1, 0.15) is 24.2 Å². The molecule has 86 valence electrons. The van der Waals surface area contributed by atoms with E-state index in [1.807, 2.05) is 0 Å². The van der Waals surface area contributed by atoms with Gasteiger partial charge in [0.25, 0.3) is 0 Å². The summed E-state index contributed by atoms with van der Waals surface area (Å²) in [6.07, 6.45) is -0.881. The van der Waals surface area contributed by atoms with E-state index in [9.17, 15) is 9.59 Å². The van der Waals surface area contributed by atoms with Crippen LogP contribution in [-0.4, -0.2) is 18.2 Å². The van der Waals surface area contributed by atoms with Crippen LogP contribution in [-0.2, 0) is 14.3 Å². The lowest BCUT2D eigenvalue weighted by Crippen LogP contribution is -2.20. The minimum atomic E-state index is -0.881. The van der Waals surface area contributed by atoms with Crippen LogP contribution in [0, 0.1) is 0 Å². The van der Waals surface area contributed by atoms with E-state index in [0.29, 0.717) is 5.56 Å². The average Bonchev–Trinajstić information content (AvgIpc) is 2.16. The van der Waals surface area contributed by atoms with Gasteiger partial charge in [0, 0.05) is 18.3 Å².